The van der Waals surface area contributed by atoms with E-state index < -0.39 is 0 Å². The second kappa shape index (κ2) is 7.09. The van der Waals surface area contributed by atoms with E-state index in [4.69, 9.17) is 4.74 Å². The van der Waals surface area contributed by atoms with Gasteiger partial charge in [-0.1, -0.05) is 18.2 Å². The van der Waals surface area contributed by atoms with E-state index in [2.05, 4.69) is 22.3 Å². The Hall–Kier alpha value is -2.07. The maximum Gasteiger partial charge on any atom is 0.125 e. The zero-order valence-corrected chi connectivity index (χ0v) is 12.6. The molecule has 21 heavy (non-hydrogen) atoms. The van der Waals surface area contributed by atoms with Crippen molar-refractivity contribution >= 4 is 5.69 Å². The van der Waals surface area contributed by atoms with Crippen LogP contribution in [0, 0.1) is 5.82 Å². The lowest BCUT2D eigenvalue weighted by Gasteiger charge is -2.25. The Morgan fingerprint density at radius 2 is 1.86 bits per heavy atom. The second-order valence-corrected chi connectivity index (χ2v) is 5.14. The third kappa shape index (κ3) is 4.20. The number of anilines is 1. The molecular formula is C17H21FN2O. The minimum Gasteiger partial charge on any atom is -0.497 e. The summed E-state index contributed by atoms with van der Waals surface area (Å²) in [5.41, 5.74) is 1.97. The number of halogens is 1. The largest absolute Gasteiger partial charge is 0.497 e. The molecule has 2 rings (SSSR count). The van der Waals surface area contributed by atoms with Crippen molar-refractivity contribution in [3.63, 3.8) is 0 Å². The van der Waals surface area contributed by atoms with E-state index in [0.29, 0.717) is 6.54 Å². The lowest BCUT2D eigenvalue weighted by atomic mass is 10.1. The van der Waals surface area contributed by atoms with E-state index in [1.165, 1.54) is 17.7 Å². The van der Waals surface area contributed by atoms with Gasteiger partial charge in [0, 0.05) is 12.2 Å². The predicted octanol–water partition coefficient (Wildman–Crippen LogP) is 3.55. The van der Waals surface area contributed by atoms with Crippen molar-refractivity contribution in [2.45, 2.75) is 6.04 Å². The number of methoxy groups -OCH3 is 1. The Morgan fingerprint density at radius 3 is 2.43 bits per heavy atom. The topological polar surface area (TPSA) is 24.5 Å². The molecule has 0 spiro atoms. The Balaban J connectivity index is 2.08. The summed E-state index contributed by atoms with van der Waals surface area (Å²) < 4.78 is 18.4. The van der Waals surface area contributed by atoms with Gasteiger partial charge in [-0.15, -0.1) is 0 Å². The fourth-order valence-electron chi connectivity index (χ4n) is 2.24. The second-order valence-electron chi connectivity index (χ2n) is 5.14. The average molecular weight is 288 g/mol. The Bertz CT molecular complexity index is 569. The normalized spacial score (nSPS) is 12.2. The molecule has 112 valence electrons. The lowest BCUT2D eigenvalue weighted by molar-refractivity contribution is 0.311. The van der Waals surface area contributed by atoms with Crippen LogP contribution >= 0.6 is 0 Å². The molecule has 2 aromatic carbocycles. The van der Waals surface area contributed by atoms with Gasteiger partial charge in [0.25, 0.3) is 0 Å². The van der Waals surface area contributed by atoms with Crippen LogP contribution in [0.2, 0.25) is 0 Å². The fraction of sp³-hybridized carbons (Fsp3) is 0.294. The van der Waals surface area contributed by atoms with Crippen LogP contribution in [0.4, 0.5) is 10.1 Å². The number of hydrogen-bond donors (Lipinski definition) is 1. The molecule has 4 heteroatoms. The number of likely N-dealkylation sites (N-methyl/N-ethyl adjacent to an activating group) is 1. The van der Waals surface area contributed by atoms with Crippen LogP contribution < -0.4 is 10.1 Å². The summed E-state index contributed by atoms with van der Waals surface area (Å²) in [4.78, 5) is 2.13. The SMILES string of the molecule is COc1ccc(C(CNc2cccc(F)c2)N(C)C)cc1. The first-order chi connectivity index (χ1) is 10.1. The minimum absolute atomic E-state index is 0.194. The van der Waals surface area contributed by atoms with E-state index in [9.17, 15) is 4.39 Å². The molecule has 3 nitrogen and oxygen atoms in total. The highest BCUT2D eigenvalue weighted by Crippen LogP contribution is 2.22. The van der Waals surface area contributed by atoms with Crippen LogP contribution in [0.3, 0.4) is 0 Å². The molecule has 0 bridgehead atoms. The molecule has 0 saturated carbocycles. The van der Waals surface area contributed by atoms with E-state index in [1.807, 2.05) is 32.3 Å². The van der Waals surface area contributed by atoms with E-state index in [-0.39, 0.29) is 11.9 Å². The van der Waals surface area contributed by atoms with Gasteiger partial charge >= 0.3 is 0 Å². The van der Waals surface area contributed by atoms with Crippen molar-refractivity contribution < 1.29 is 9.13 Å². The van der Waals surface area contributed by atoms with Crippen LogP contribution in [-0.2, 0) is 0 Å². The lowest BCUT2D eigenvalue weighted by Crippen LogP contribution is -2.26. The molecule has 0 fully saturated rings. The van der Waals surface area contributed by atoms with Crippen LogP contribution in [0.5, 0.6) is 5.75 Å². The molecule has 1 N–H and O–H groups in total. The Labute approximate surface area is 125 Å². The van der Waals surface area contributed by atoms with Gasteiger partial charge in [0.05, 0.1) is 13.2 Å². The van der Waals surface area contributed by atoms with Gasteiger partial charge in [0.2, 0.25) is 0 Å². The van der Waals surface area contributed by atoms with Crippen LogP contribution in [0.1, 0.15) is 11.6 Å². The molecule has 0 aliphatic rings. The smallest absolute Gasteiger partial charge is 0.125 e. The highest BCUT2D eigenvalue weighted by Gasteiger charge is 2.14. The molecule has 0 heterocycles. The van der Waals surface area contributed by atoms with Crippen molar-refractivity contribution in [2.24, 2.45) is 0 Å². The Kier molecular flexibility index (Phi) is 5.17. The first kappa shape index (κ1) is 15.3. The maximum atomic E-state index is 13.2. The molecule has 0 aliphatic heterocycles. The molecule has 0 amide bonds. The first-order valence-electron chi connectivity index (χ1n) is 6.90. The molecule has 0 radical (unpaired) electrons. The van der Waals surface area contributed by atoms with E-state index in [1.54, 1.807) is 13.2 Å². The zero-order chi connectivity index (χ0) is 15.2. The van der Waals surface area contributed by atoms with Crippen molar-refractivity contribution in [3.05, 3.63) is 59.9 Å². The first-order valence-corrected chi connectivity index (χ1v) is 6.90. The highest BCUT2D eigenvalue weighted by molar-refractivity contribution is 5.43. The van der Waals surface area contributed by atoms with Gasteiger partial charge in [0.15, 0.2) is 0 Å². The quantitative estimate of drug-likeness (QED) is 0.879. The van der Waals surface area contributed by atoms with Crippen molar-refractivity contribution in [1.29, 1.82) is 0 Å². The van der Waals surface area contributed by atoms with Gasteiger partial charge in [-0.25, -0.2) is 4.39 Å². The van der Waals surface area contributed by atoms with Crippen molar-refractivity contribution in [2.75, 3.05) is 33.1 Å². The number of nitrogens with zero attached hydrogens (tertiary/aromatic N) is 1. The minimum atomic E-state index is -0.231. The molecule has 0 saturated heterocycles. The maximum absolute atomic E-state index is 13.2. The van der Waals surface area contributed by atoms with Crippen molar-refractivity contribution in [3.8, 4) is 5.75 Å². The highest BCUT2D eigenvalue weighted by atomic mass is 19.1. The number of rotatable bonds is 6. The third-order valence-corrected chi connectivity index (χ3v) is 3.45. The van der Waals surface area contributed by atoms with Gasteiger partial charge in [-0.3, -0.25) is 0 Å². The van der Waals surface area contributed by atoms with Crippen LogP contribution in [-0.4, -0.2) is 32.6 Å². The number of nitrogens with one attached hydrogen (secondary N) is 1. The number of ether oxygens (including phenoxy) is 1. The standard InChI is InChI=1S/C17H21FN2O/c1-20(2)17(13-7-9-16(21-3)10-8-13)12-19-15-6-4-5-14(18)11-15/h4-11,17,19H,12H2,1-3H3. The summed E-state index contributed by atoms with van der Waals surface area (Å²) in [5, 5.41) is 3.28. The zero-order valence-electron chi connectivity index (χ0n) is 12.6. The van der Waals surface area contributed by atoms with E-state index in [0.717, 1.165) is 11.4 Å². The van der Waals surface area contributed by atoms with Gasteiger partial charge in [-0.05, 0) is 50.0 Å². The predicted molar refractivity (Wildman–Crippen MR) is 84.3 cm³/mol. The number of benzene rings is 2. The molecule has 1 atom stereocenters. The van der Waals surface area contributed by atoms with Gasteiger partial charge in [-0.2, -0.15) is 0 Å². The summed E-state index contributed by atoms with van der Waals surface area (Å²) >= 11 is 0. The average Bonchev–Trinajstić information content (AvgIpc) is 2.48. The summed E-state index contributed by atoms with van der Waals surface area (Å²) in [7, 11) is 5.72. The third-order valence-electron chi connectivity index (χ3n) is 3.45. The van der Waals surface area contributed by atoms with Gasteiger partial charge in [0.1, 0.15) is 11.6 Å². The van der Waals surface area contributed by atoms with Crippen LogP contribution in [0.25, 0.3) is 0 Å². The summed E-state index contributed by atoms with van der Waals surface area (Å²) in [5.74, 6) is 0.611. The summed E-state index contributed by atoms with van der Waals surface area (Å²) in [6, 6.07) is 14.7. The molecule has 1 unspecified atom stereocenters. The molecule has 2 aromatic rings. The summed E-state index contributed by atoms with van der Waals surface area (Å²) in [6.07, 6.45) is 0. The fourth-order valence-corrected chi connectivity index (χ4v) is 2.24. The molecule has 0 aliphatic carbocycles. The monoisotopic (exact) mass is 288 g/mol. The summed E-state index contributed by atoms with van der Waals surface area (Å²) in [6.45, 7) is 0.697. The van der Waals surface area contributed by atoms with Gasteiger partial charge < -0.3 is 15.0 Å². The number of hydrogen-bond acceptors (Lipinski definition) is 3. The Morgan fingerprint density at radius 1 is 1.14 bits per heavy atom. The molecular weight excluding hydrogens is 267 g/mol. The van der Waals surface area contributed by atoms with Crippen LogP contribution in [0.15, 0.2) is 48.5 Å². The van der Waals surface area contributed by atoms with E-state index >= 15 is 0 Å². The van der Waals surface area contributed by atoms with Crippen molar-refractivity contribution in [1.82, 2.24) is 4.90 Å². The molecule has 0 aromatic heterocycles.